The first kappa shape index (κ1) is 12.2. The van der Waals surface area contributed by atoms with Crippen LogP contribution in [0, 0.1) is 0 Å². The minimum Gasteiger partial charge on any atom is -0.157 e. The third kappa shape index (κ3) is 3.07. The van der Waals surface area contributed by atoms with Crippen LogP contribution in [0.3, 0.4) is 0 Å². The van der Waals surface area contributed by atoms with Crippen LogP contribution < -0.4 is 0 Å². The second kappa shape index (κ2) is 3.62. The molecule has 0 fully saturated rings. The van der Waals surface area contributed by atoms with Gasteiger partial charge < -0.3 is 0 Å². The van der Waals surface area contributed by atoms with Crippen molar-refractivity contribution in [2.75, 3.05) is 0 Å². The molecule has 1 aliphatic rings. The Labute approximate surface area is 80.6 Å². The molecule has 0 saturated heterocycles. The molecule has 13 heteroatoms. The smallest absolute Gasteiger partial charge is 0.157 e. The molecule has 0 bridgehead atoms. The van der Waals surface area contributed by atoms with Crippen molar-refractivity contribution in [3.8, 4) is 0 Å². The van der Waals surface area contributed by atoms with E-state index in [2.05, 4.69) is 26.0 Å². The maximum atomic E-state index is 13.1. The lowest BCUT2D eigenvalue weighted by Crippen LogP contribution is -1.70. The molecule has 4 nitrogen and oxygen atoms in total. The van der Waals surface area contributed by atoms with E-state index in [9.17, 15) is 21.0 Å². The predicted octanol–water partition coefficient (Wildman–Crippen LogP) is 5.79. The minimum atomic E-state index is -5.66. The third-order valence-corrected chi connectivity index (χ3v) is 6.67. The normalized spacial score (nSPS) is 32.9. The summed E-state index contributed by atoms with van der Waals surface area (Å²) in [5.74, 6) is 0. The number of thiocarbonyl (C=S) groups is 1. The van der Waals surface area contributed by atoms with E-state index in [1.807, 2.05) is 4.52 Å². The molecule has 0 aliphatic carbocycles. The fourth-order valence-corrected chi connectivity index (χ4v) is 5.91. The average molecular weight is 288 g/mol. The first-order valence-corrected chi connectivity index (χ1v) is 7.57. The molecule has 0 aromatic heterocycles. The number of halogens is 5. The van der Waals surface area contributed by atoms with Crippen molar-refractivity contribution in [1.29, 1.82) is 0 Å². The molecule has 14 heavy (non-hydrogen) atoms. The molecule has 80 valence electrons. The van der Waals surface area contributed by atoms with Gasteiger partial charge in [0.15, 0.2) is 0 Å². The minimum absolute atomic E-state index is 1.38. The standard InChI is InChI=1S/CF5N4P3S/c2-11(3)8-12(4,5)10-13(6,9-11)7-1-14. The summed E-state index contributed by atoms with van der Waals surface area (Å²) in [5.41, 5.74) is 0. The molecule has 0 saturated carbocycles. The van der Waals surface area contributed by atoms with E-state index in [1.54, 1.807) is 0 Å². The molecule has 1 aliphatic heterocycles. The topological polar surface area (TPSA) is 49.4 Å². The SMILES string of the molecule is FP1(F)=NP(F)(F)=NP(F)(N=C=S)=N1. The van der Waals surface area contributed by atoms with Crippen LogP contribution in [-0.4, -0.2) is 5.16 Å². The second-order valence-corrected chi connectivity index (χ2v) is 7.21. The van der Waals surface area contributed by atoms with Crippen LogP contribution in [0.25, 0.3) is 0 Å². The van der Waals surface area contributed by atoms with Gasteiger partial charge in [0.2, 0.25) is 0 Å². The first-order valence-electron chi connectivity index (χ1n) is 2.67. The summed E-state index contributed by atoms with van der Waals surface area (Å²) >= 11 is 3.91. The van der Waals surface area contributed by atoms with Gasteiger partial charge in [-0.25, -0.2) is 0 Å². The molecule has 1 rings (SSSR count). The van der Waals surface area contributed by atoms with Crippen molar-refractivity contribution in [2.45, 2.75) is 0 Å². The number of hydrogen-bond acceptors (Lipinski definition) is 5. The highest BCUT2D eigenvalue weighted by atomic mass is 32.1. The zero-order valence-electron chi connectivity index (χ0n) is 5.93. The monoisotopic (exact) mass is 288 g/mol. The Morgan fingerprint density at radius 1 is 0.929 bits per heavy atom. The molecule has 1 atom stereocenters. The average Bonchev–Trinajstić information content (AvgIpc) is 1.75. The summed E-state index contributed by atoms with van der Waals surface area (Å²) in [5, 5.41) is 1.38. The van der Waals surface area contributed by atoms with Crippen molar-refractivity contribution < 1.29 is 21.0 Å². The van der Waals surface area contributed by atoms with Gasteiger partial charge in [-0.15, -0.1) is 35.1 Å². The lowest BCUT2D eigenvalue weighted by atomic mass is 11.8. The van der Waals surface area contributed by atoms with Crippen molar-refractivity contribution in [3.05, 3.63) is 0 Å². The lowest BCUT2D eigenvalue weighted by Gasteiger charge is -2.11. The van der Waals surface area contributed by atoms with E-state index in [0.29, 0.717) is 0 Å². The predicted molar refractivity (Wildman–Crippen MR) is 48.6 cm³/mol. The Bertz CT molecular complexity index is 456. The van der Waals surface area contributed by atoms with Gasteiger partial charge >= 0.3 is 23.3 Å². The van der Waals surface area contributed by atoms with E-state index >= 15 is 0 Å². The van der Waals surface area contributed by atoms with Gasteiger partial charge in [-0.3, -0.25) is 0 Å². The molecule has 0 aromatic rings. The molecule has 0 spiro atoms. The van der Waals surface area contributed by atoms with Gasteiger partial charge in [-0.05, 0) is 12.2 Å². The Morgan fingerprint density at radius 3 is 1.86 bits per heavy atom. The molecule has 0 aromatic carbocycles. The molecular formula is CF5N4P3S. The highest BCUT2D eigenvalue weighted by molar-refractivity contribution is 7.80. The van der Waals surface area contributed by atoms with Gasteiger partial charge in [-0.2, -0.15) is 4.20 Å². The molecule has 0 N–H and O–H groups in total. The maximum Gasteiger partial charge on any atom is 0.424 e. The van der Waals surface area contributed by atoms with E-state index in [1.165, 1.54) is 5.16 Å². The Hall–Kier alpha value is 0.140. The van der Waals surface area contributed by atoms with Gasteiger partial charge in [0.05, 0.1) is 5.16 Å². The number of hydrogen-bond donors (Lipinski definition) is 0. The molecule has 1 unspecified atom stereocenters. The maximum absolute atomic E-state index is 13.1. The number of rotatable bonds is 1. The molecular weight excluding hydrogens is 288 g/mol. The quantitative estimate of drug-likeness (QED) is 0.261. The Balaban J connectivity index is 3.56. The summed E-state index contributed by atoms with van der Waals surface area (Å²) in [4.78, 5) is 0. The van der Waals surface area contributed by atoms with E-state index < -0.39 is 23.3 Å². The molecule has 0 amide bonds. The highest BCUT2D eigenvalue weighted by Crippen LogP contribution is 2.81. The van der Waals surface area contributed by atoms with Crippen LogP contribution in [0.4, 0.5) is 21.0 Å². The summed E-state index contributed by atoms with van der Waals surface area (Å²) in [6, 6.07) is 0. The van der Waals surface area contributed by atoms with Gasteiger partial charge in [-0.1, -0.05) is 0 Å². The molecule has 0 radical (unpaired) electrons. The van der Waals surface area contributed by atoms with Crippen LogP contribution in [-0.2, 0) is 0 Å². The van der Waals surface area contributed by atoms with Crippen LogP contribution in [0.2, 0.25) is 0 Å². The summed E-state index contributed by atoms with van der Waals surface area (Å²) in [6.07, 6.45) is 0. The van der Waals surface area contributed by atoms with Gasteiger partial charge in [0, 0.05) is 0 Å². The summed E-state index contributed by atoms with van der Waals surface area (Å²) in [7, 11) is -16.3. The first-order chi connectivity index (χ1) is 6.18. The Morgan fingerprint density at radius 2 is 1.43 bits per heavy atom. The second-order valence-electron chi connectivity index (χ2n) is 1.87. The van der Waals surface area contributed by atoms with E-state index in [-0.39, 0.29) is 0 Å². The van der Waals surface area contributed by atoms with Crippen molar-refractivity contribution in [1.82, 2.24) is 0 Å². The van der Waals surface area contributed by atoms with Crippen LogP contribution >= 0.6 is 35.5 Å². The summed E-state index contributed by atoms with van der Waals surface area (Å²) in [6.45, 7) is 0. The fraction of sp³-hybridized carbons (Fsp3) is 0. The van der Waals surface area contributed by atoms with Crippen LogP contribution in [0.15, 0.2) is 18.3 Å². The number of isothiocyanates is 1. The van der Waals surface area contributed by atoms with Gasteiger partial charge in [0.1, 0.15) is 0 Å². The number of nitrogens with zero attached hydrogens (tertiary/aromatic N) is 4. The Kier molecular flexibility index (Phi) is 3.15. The van der Waals surface area contributed by atoms with E-state index in [0.717, 1.165) is 0 Å². The van der Waals surface area contributed by atoms with Crippen molar-refractivity contribution in [2.24, 2.45) is 18.3 Å². The van der Waals surface area contributed by atoms with Crippen LogP contribution in [0.5, 0.6) is 0 Å². The van der Waals surface area contributed by atoms with Crippen LogP contribution in [0.1, 0.15) is 0 Å². The fourth-order valence-electron chi connectivity index (χ4n) is 0.549. The largest absolute Gasteiger partial charge is 0.424 e. The van der Waals surface area contributed by atoms with E-state index in [4.69, 9.17) is 0 Å². The summed E-state index contributed by atoms with van der Waals surface area (Å²) < 4.78 is 71.6. The highest BCUT2D eigenvalue weighted by Gasteiger charge is 2.38. The molecule has 1 heterocycles. The zero-order chi connectivity index (χ0) is 11.0. The van der Waals surface area contributed by atoms with Crippen molar-refractivity contribution in [3.63, 3.8) is 0 Å². The van der Waals surface area contributed by atoms with Gasteiger partial charge in [0.25, 0.3) is 0 Å². The lowest BCUT2D eigenvalue weighted by molar-refractivity contribution is 0.697. The third-order valence-electron chi connectivity index (χ3n) is 0.826. The zero-order valence-corrected chi connectivity index (χ0v) is 9.43. The van der Waals surface area contributed by atoms with Crippen molar-refractivity contribution >= 4 is 40.7 Å².